The van der Waals surface area contributed by atoms with Crippen molar-refractivity contribution in [2.75, 3.05) is 6.61 Å². The highest BCUT2D eigenvalue weighted by atomic mass is 19.4. The second kappa shape index (κ2) is 3.69. The van der Waals surface area contributed by atoms with Gasteiger partial charge in [0, 0.05) is 6.92 Å². The van der Waals surface area contributed by atoms with E-state index in [0.29, 0.717) is 0 Å². The summed E-state index contributed by atoms with van der Waals surface area (Å²) in [5.41, 5.74) is 0. The molecule has 5 nitrogen and oxygen atoms in total. The van der Waals surface area contributed by atoms with E-state index in [1.807, 2.05) is 0 Å². The number of nitrogens with zero attached hydrogens (tertiary/aromatic N) is 1. The zero-order valence-electron chi connectivity index (χ0n) is 7.61. The largest absolute Gasteiger partial charge is 0.480 e. The minimum Gasteiger partial charge on any atom is -0.480 e. The number of amides is 1. The first-order valence-corrected chi connectivity index (χ1v) is 3.95. The van der Waals surface area contributed by atoms with Crippen molar-refractivity contribution in [3.8, 4) is 0 Å². The molecule has 1 saturated heterocycles. The Kier molecular flexibility index (Phi) is 2.89. The molecule has 0 saturated carbocycles. The van der Waals surface area contributed by atoms with E-state index in [4.69, 9.17) is 5.11 Å². The van der Waals surface area contributed by atoms with Crippen LogP contribution in [0.5, 0.6) is 0 Å². The topological polar surface area (TPSA) is 66.8 Å². The molecule has 0 aromatic carbocycles. The third kappa shape index (κ3) is 2.20. The molecule has 0 aromatic heterocycles. The van der Waals surface area contributed by atoms with E-state index in [-0.39, 0.29) is 4.90 Å². The molecule has 1 aliphatic rings. The van der Waals surface area contributed by atoms with E-state index in [1.54, 1.807) is 0 Å². The molecule has 1 fully saturated rings. The number of ether oxygens (including phenoxy) is 1. The lowest BCUT2D eigenvalue weighted by molar-refractivity contribution is -0.239. The predicted molar refractivity (Wildman–Crippen MR) is 39.7 cm³/mol. The summed E-state index contributed by atoms with van der Waals surface area (Å²) >= 11 is 0. The summed E-state index contributed by atoms with van der Waals surface area (Å²) in [4.78, 5) is 21.6. The molecule has 0 aromatic rings. The molecule has 8 heteroatoms. The van der Waals surface area contributed by atoms with Crippen LogP contribution < -0.4 is 0 Å². The number of aliphatic carboxylic acids is 1. The Balaban J connectivity index is 2.95. The Hall–Kier alpha value is -1.31. The summed E-state index contributed by atoms with van der Waals surface area (Å²) in [7, 11) is 0. The molecule has 2 atom stereocenters. The monoisotopic (exact) mass is 227 g/mol. The van der Waals surface area contributed by atoms with Crippen LogP contribution in [0.15, 0.2) is 0 Å². The van der Waals surface area contributed by atoms with Crippen LogP contribution in [0.4, 0.5) is 13.2 Å². The van der Waals surface area contributed by atoms with Crippen LogP contribution in [0.1, 0.15) is 6.92 Å². The summed E-state index contributed by atoms with van der Waals surface area (Å²) in [6.45, 7) is 0.211. The van der Waals surface area contributed by atoms with Crippen molar-refractivity contribution < 1.29 is 32.6 Å². The van der Waals surface area contributed by atoms with Crippen LogP contribution in [-0.2, 0) is 14.3 Å². The SMILES string of the molecule is CC(=O)N1[C@H](C(F)(F)F)OC[C@H]1C(=O)O. The van der Waals surface area contributed by atoms with Crippen LogP contribution in [0.25, 0.3) is 0 Å². The van der Waals surface area contributed by atoms with Crippen LogP contribution in [0.3, 0.4) is 0 Å². The Bertz CT molecular complexity index is 290. The first-order valence-electron chi connectivity index (χ1n) is 3.95. The maximum atomic E-state index is 12.3. The van der Waals surface area contributed by atoms with E-state index < -0.39 is 36.9 Å². The first kappa shape index (κ1) is 11.8. The van der Waals surface area contributed by atoms with Crippen molar-refractivity contribution in [1.82, 2.24) is 4.90 Å². The minimum atomic E-state index is -4.78. The van der Waals surface area contributed by atoms with Crippen molar-refractivity contribution in [3.05, 3.63) is 0 Å². The molecule has 0 unspecified atom stereocenters. The van der Waals surface area contributed by atoms with E-state index in [1.165, 1.54) is 0 Å². The Morgan fingerprint density at radius 1 is 1.47 bits per heavy atom. The fourth-order valence-electron chi connectivity index (χ4n) is 1.33. The number of hydrogen-bond acceptors (Lipinski definition) is 3. The number of carbonyl (C=O) groups excluding carboxylic acids is 1. The zero-order chi connectivity index (χ0) is 11.8. The number of rotatable bonds is 1. The fraction of sp³-hybridized carbons (Fsp3) is 0.714. The van der Waals surface area contributed by atoms with Crippen LogP contribution in [0.2, 0.25) is 0 Å². The quantitative estimate of drug-likeness (QED) is 0.695. The molecule has 0 spiro atoms. The van der Waals surface area contributed by atoms with Gasteiger partial charge in [-0.25, -0.2) is 4.79 Å². The van der Waals surface area contributed by atoms with Gasteiger partial charge >= 0.3 is 12.1 Å². The maximum absolute atomic E-state index is 12.3. The molecule has 86 valence electrons. The summed E-state index contributed by atoms with van der Waals surface area (Å²) in [5, 5.41) is 8.57. The zero-order valence-corrected chi connectivity index (χ0v) is 7.61. The smallest absolute Gasteiger partial charge is 0.433 e. The highest BCUT2D eigenvalue weighted by Crippen LogP contribution is 2.31. The maximum Gasteiger partial charge on any atom is 0.433 e. The molecule has 1 heterocycles. The molecule has 0 radical (unpaired) electrons. The van der Waals surface area contributed by atoms with Crippen LogP contribution in [0, 0.1) is 0 Å². The highest BCUT2D eigenvalue weighted by molar-refractivity contribution is 5.83. The Morgan fingerprint density at radius 2 is 2.00 bits per heavy atom. The lowest BCUT2D eigenvalue weighted by Gasteiger charge is -2.26. The number of carboxylic acids is 1. The van der Waals surface area contributed by atoms with E-state index >= 15 is 0 Å². The van der Waals surface area contributed by atoms with Crippen molar-refractivity contribution >= 4 is 11.9 Å². The van der Waals surface area contributed by atoms with Gasteiger partial charge in [0.15, 0.2) is 6.04 Å². The summed E-state index contributed by atoms with van der Waals surface area (Å²) in [5.74, 6) is -2.50. The predicted octanol–water partition coefficient (Wildman–Crippen LogP) is 0.207. The normalized spacial score (nSPS) is 26.8. The molecule has 1 N–H and O–H groups in total. The molecule has 1 aliphatic heterocycles. The average molecular weight is 227 g/mol. The van der Waals surface area contributed by atoms with E-state index in [9.17, 15) is 22.8 Å². The number of hydrogen-bond donors (Lipinski definition) is 1. The second-order valence-electron chi connectivity index (χ2n) is 3.01. The molecule has 0 bridgehead atoms. The van der Waals surface area contributed by atoms with Gasteiger partial charge in [-0.05, 0) is 0 Å². The fourth-order valence-corrected chi connectivity index (χ4v) is 1.33. The Labute approximate surface area is 82.4 Å². The van der Waals surface area contributed by atoms with Crippen LogP contribution >= 0.6 is 0 Å². The van der Waals surface area contributed by atoms with Crippen molar-refractivity contribution in [3.63, 3.8) is 0 Å². The second-order valence-corrected chi connectivity index (χ2v) is 3.01. The standard InChI is InChI=1S/C7H8F3NO4/c1-3(12)11-4(5(13)14)2-15-6(11)7(8,9)10/h4,6H,2H2,1H3,(H,13,14)/t4-,6-/m0/s1. The summed E-state index contributed by atoms with van der Waals surface area (Å²) < 4.78 is 41.2. The number of carboxylic acid groups (broad SMARTS) is 1. The number of alkyl halides is 3. The van der Waals surface area contributed by atoms with Gasteiger partial charge in [0.05, 0.1) is 6.61 Å². The minimum absolute atomic E-state index is 0.183. The lowest BCUT2D eigenvalue weighted by Crippen LogP contribution is -2.50. The van der Waals surface area contributed by atoms with Crippen molar-refractivity contribution in [2.24, 2.45) is 0 Å². The average Bonchev–Trinajstić information content (AvgIpc) is 2.45. The molecule has 0 aliphatic carbocycles. The molecule has 1 amide bonds. The first-order chi connectivity index (χ1) is 6.75. The molecule has 15 heavy (non-hydrogen) atoms. The van der Waals surface area contributed by atoms with Gasteiger partial charge in [-0.3, -0.25) is 9.69 Å². The number of carbonyl (C=O) groups is 2. The van der Waals surface area contributed by atoms with E-state index in [0.717, 1.165) is 6.92 Å². The van der Waals surface area contributed by atoms with Gasteiger partial charge in [0.2, 0.25) is 12.1 Å². The van der Waals surface area contributed by atoms with Gasteiger partial charge in [0.25, 0.3) is 0 Å². The van der Waals surface area contributed by atoms with Gasteiger partial charge in [0.1, 0.15) is 0 Å². The molecular weight excluding hydrogens is 219 g/mol. The van der Waals surface area contributed by atoms with Gasteiger partial charge in [-0.2, -0.15) is 13.2 Å². The van der Waals surface area contributed by atoms with Crippen LogP contribution in [-0.4, -0.2) is 46.9 Å². The highest BCUT2D eigenvalue weighted by Gasteiger charge is 2.54. The molecular formula is C7H8F3NO4. The summed E-state index contributed by atoms with van der Waals surface area (Å²) in [6, 6.07) is -1.57. The Morgan fingerprint density at radius 3 is 2.33 bits per heavy atom. The third-order valence-electron chi connectivity index (χ3n) is 1.93. The summed E-state index contributed by atoms with van der Waals surface area (Å²) in [6.07, 6.45) is -7.24. The lowest BCUT2D eigenvalue weighted by atomic mass is 10.3. The number of halogens is 3. The van der Waals surface area contributed by atoms with Crippen molar-refractivity contribution in [1.29, 1.82) is 0 Å². The third-order valence-corrected chi connectivity index (χ3v) is 1.93. The molecule has 1 rings (SSSR count). The van der Waals surface area contributed by atoms with E-state index in [2.05, 4.69) is 4.74 Å². The van der Waals surface area contributed by atoms with Gasteiger partial charge in [-0.15, -0.1) is 0 Å². The van der Waals surface area contributed by atoms with Crippen molar-refractivity contribution in [2.45, 2.75) is 25.4 Å². The van der Waals surface area contributed by atoms with Gasteiger partial charge in [-0.1, -0.05) is 0 Å². The van der Waals surface area contributed by atoms with Gasteiger partial charge < -0.3 is 9.84 Å².